The van der Waals surface area contributed by atoms with E-state index in [2.05, 4.69) is 0 Å². The van der Waals surface area contributed by atoms with Crippen molar-refractivity contribution < 1.29 is 14.6 Å². The van der Waals surface area contributed by atoms with Gasteiger partial charge in [-0.1, -0.05) is 36.1 Å². The van der Waals surface area contributed by atoms with Gasteiger partial charge in [-0.25, -0.2) is 0 Å². The molecule has 0 N–H and O–H groups in total. The van der Waals surface area contributed by atoms with Crippen molar-refractivity contribution in [2.45, 2.75) is 0 Å². The first-order valence-electron chi connectivity index (χ1n) is 5.17. The quantitative estimate of drug-likeness (QED) is 0.753. The fourth-order valence-electron chi connectivity index (χ4n) is 1.56. The maximum atomic E-state index is 12.0. The molecule has 2 aromatic rings. The molecule has 0 saturated carbocycles. The number of hydrogen-bond donors (Lipinski definition) is 0. The number of rotatable bonds is 3. The van der Waals surface area contributed by atoms with Crippen molar-refractivity contribution in [3.05, 3.63) is 59.7 Å². The summed E-state index contributed by atoms with van der Waals surface area (Å²) >= 11 is 0. The van der Waals surface area contributed by atoms with Gasteiger partial charge in [-0.3, -0.25) is 4.79 Å². The highest BCUT2D eigenvalue weighted by Crippen LogP contribution is 2.23. The van der Waals surface area contributed by atoms with Gasteiger partial charge in [-0.15, -0.1) is 0 Å². The number of hydrogen-bond acceptors (Lipinski definition) is 3. The maximum absolute atomic E-state index is 12.0. The largest absolute Gasteiger partial charge is 0.872 e. The highest BCUT2D eigenvalue weighted by atomic mass is 16.5. The lowest BCUT2D eigenvalue weighted by atomic mass is 10.0. The second-order valence-electron chi connectivity index (χ2n) is 3.56. The van der Waals surface area contributed by atoms with Crippen molar-refractivity contribution in [1.82, 2.24) is 0 Å². The molecule has 0 radical (unpaired) electrons. The molecule has 3 nitrogen and oxygen atoms in total. The van der Waals surface area contributed by atoms with Gasteiger partial charge in [0.1, 0.15) is 5.75 Å². The number of benzene rings is 2. The Kier molecular flexibility index (Phi) is 3.10. The van der Waals surface area contributed by atoms with Crippen molar-refractivity contribution in [3.63, 3.8) is 0 Å². The molecule has 0 unspecified atom stereocenters. The van der Waals surface area contributed by atoms with Crippen LogP contribution in [0.1, 0.15) is 15.9 Å². The molecule has 0 aliphatic carbocycles. The SMILES string of the molecule is COc1ccc(C(=O)c2ccccc2)c([O-])c1. The van der Waals surface area contributed by atoms with Crippen LogP contribution in [0.4, 0.5) is 0 Å². The molecule has 0 amide bonds. The molecule has 2 rings (SSSR count). The van der Waals surface area contributed by atoms with Gasteiger partial charge in [0.15, 0.2) is 5.78 Å². The zero-order chi connectivity index (χ0) is 12.3. The molecular weight excluding hydrogens is 216 g/mol. The minimum atomic E-state index is -0.321. The highest BCUT2D eigenvalue weighted by molar-refractivity contribution is 6.10. The summed E-state index contributed by atoms with van der Waals surface area (Å²) in [7, 11) is 1.48. The minimum absolute atomic E-state index is 0.164. The molecule has 0 fully saturated rings. The summed E-state index contributed by atoms with van der Waals surface area (Å²) in [4.78, 5) is 12.0. The Balaban J connectivity index is 2.38. The predicted molar refractivity (Wildman–Crippen MR) is 62.3 cm³/mol. The lowest BCUT2D eigenvalue weighted by molar-refractivity contribution is -0.268. The summed E-state index contributed by atoms with van der Waals surface area (Å²) in [6, 6.07) is 13.1. The number of carbonyl (C=O) groups excluding carboxylic acids is 1. The van der Waals surface area contributed by atoms with E-state index in [-0.39, 0.29) is 17.1 Å². The monoisotopic (exact) mass is 227 g/mol. The molecule has 0 spiro atoms. The zero-order valence-electron chi connectivity index (χ0n) is 9.34. The highest BCUT2D eigenvalue weighted by Gasteiger charge is 2.09. The van der Waals surface area contributed by atoms with Gasteiger partial charge in [0.25, 0.3) is 0 Å². The van der Waals surface area contributed by atoms with E-state index >= 15 is 0 Å². The van der Waals surface area contributed by atoms with E-state index in [4.69, 9.17) is 4.74 Å². The first kappa shape index (κ1) is 11.2. The molecule has 2 aromatic carbocycles. The van der Waals surface area contributed by atoms with Crippen LogP contribution in [0.5, 0.6) is 11.5 Å². The van der Waals surface area contributed by atoms with Crippen LogP contribution in [0.2, 0.25) is 0 Å². The molecule has 86 valence electrons. The smallest absolute Gasteiger partial charge is 0.192 e. The minimum Gasteiger partial charge on any atom is -0.872 e. The Labute approximate surface area is 99.3 Å². The molecule has 0 saturated heterocycles. The summed E-state index contributed by atoms with van der Waals surface area (Å²) < 4.78 is 4.92. The van der Waals surface area contributed by atoms with Crippen LogP contribution in [-0.4, -0.2) is 12.9 Å². The average molecular weight is 227 g/mol. The van der Waals surface area contributed by atoms with Crippen molar-refractivity contribution in [3.8, 4) is 11.5 Å². The van der Waals surface area contributed by atoms with E-state index in [0.717, 1.165) is 0 Å². The van der Waals surface area contributed by atoms with Crippen LogP contribution < -0.4 is 9.84 Å². The fraction of sp³-hybridized carbons (Fsp3) is 0.0714. The van der Waals surface area contributed by atoms with E-state index in [1.807, 2.05) is 6.07 Å². The number of ketones is 1. The second kappa shape index (κ2) is 4.70. The van der Waals surface area contributed by atoms with Crippen LogP contribution in [-0.2, 0) is 0 Å². The molecule has 0 aromatic heterocycles. The molecule has 0 heterocycles. The molecule has 0 atom stereocenters. The first-order chi connectivity index (χ1) is 8.22. The molecule has 17 heavy (non-hydrogen) atoms. The van der Waals surface area contributed by atoms with E-state index in [1.54, 1.807) is 30.3 Å². The fourth-order valence-corrected chi connectivity index (χ4v) is 1.56. The molecule has 3 heteroatoms. The van der Waals surface area contributed by atoms with Crippen LogP contribution in [0.15, 0.2) is 48.5 Å². The van der Waals surface area contributed by atoms with Crippen LogP contribution in [0.25, 0.3) is 0 Å². The third-order valence-corrected chi connectivity index (χ3v) is 2.47. The van der Waals surface area contributed by atoms with E-state index in [1.165, 1.54) is 19.2 Å². The average Bonchev–Trinajstić information content (AvgIpc) is 2.39. The van der Waals surface area contributed by atoms with Crippen LogP contribution in [0, 0.1) is 0 Å². The van der Waals surface area contributed by atoms with E-state index < -0.39 is 0 Å². The van der Waals surface area contributed by atoms with Crippen molar-refractivity contribution in [2.24, 2.45) is 0 Å². The second-order valence-corrected chi connectivity index (χ2v) is 3.56. The molecule has 0 bridgehead atoms. The third kappa shape index (κ3) is 2.28. The van der Waals surface area contributed by atoms with Crippen molar-refractivity contribution in [1.29, 1.82) is 0 Å². The Bertz CT molecular complexity index is 532. The normalized spacial score (nSPS) is 9.94. The molecule has 0 aliphatic rings. The van der Waals surface area contributed by atoms with Crippen LogP contribution in [0.3, 0.4) is 0 Å². The third-order valence-electron chi connectivity index (χ3n) is 2.47. The Morgan fingerprint density at radius 2 is 1.82 bits per heavy atom. The van der Waals surface area contributed by atoms with Gasteiger partial charge in [0.2, 0.25) is 0 Å². The molecular formula is C14H11O3-. The Morgan fingerprint density at radius 3 is 2.41 bits per heavy atom. The van der Waals surface area contributed by atoms with Crippen LogP contribution >= 0.6 is 0 Å². The summed E-state index contributed by atoms with van der Waals surface area (Å²) in [6.45, 7) is 0. The Hall–Kier alpha value is -2.29. The predicted octanol–water partition coefficient (Wildman–Crippen LogP) is 2.00. The van der Waals surface area contributed by atoms with Crippen molar-refractivity contribution >= 4 is 5.78 Å². The standard InChI is InChI=1S/C14H12O3/c1-17-11-7-8-12(13(15)9-11)14(16)10-5-3-2-4-6-10/h2-9,15H,1H3/p-1. The van der Waals surface area contributed by atoms with Gasteiger partial charge in [-0.05, 0) is 18.2 Å². The summed E-state index contributed by atoms with van der Waals surface area (Å²) in [6.07, 6.45) is 0. The summed E-state index contributed by atoms with van der Waals surface area (Å²) in [5, 5.41) is 11.7. The first-order valence-corrected chi connectivity index (χ1v) is 5.17. The Morgan fingerprint density at radius 1 is 1.12 bits per heavy atom. The van der Waals surface area contributed by atoms with Gasteiger partial charge >= 0.3 is 0 Å². The summed E-state index contributed by atoms with van der Waals surface area (Å²) in [5.41, 5.74) is 0.673. The van der Waals surface area contributed by atoms with Crippen molar-refractivity contribution in [2.75, 3.05) is 7.11 Å². The van der Waals surface area contributed by atoms with E-state index in [0.29, 0.717) is 11.3 Å². The topological polar surface area (TPSA) is 49.4 Å². The van der Waals surface area contributed by atoms with Gasteiger partial charge in [-0.2, -0.15) is 0 Å². The number of carbonyl (C=O) groups is 1. The molecule has 0 aliphatic heterocycles. The van der Waals surface area contributed by atoms with E-state index in [9.17, 15) is 9.90 Å². The maximum Gasteiger partial charge on any atom is 0.192 e. The van der Waals surface area contributed by atoms with Gasteiger partial charge in [0.05, 0.1) is 7.11 Å². The lowest BCUT2D eigenvalue weighted by Gasteiger charge is -2.13. The number of methoxy groups -OCH3 is 1. The summed E-state index contributed by atoms with van der Waals surface area (Å²) in [5.74, 6) is -0.129. The van der Waals surface area contributed by atoms with Gasteiger partial charge < -0.3 is 9.84 Å². The zero-order valence-corrected chi connectivity index (χ0v) is 9.34. The van der Waals surface area contributed by atoms with Gasteiger partial charge in [0, 0.05) is 11.1 Å². The number of ether oxygens (including phenoxy) is 1. The lowest BCUT2D eigenvalue weighted by Crippen LogP contribution is -2.06.